The van der Waals surface area contributed by atoms with Gasteiger partial charge >= 0.3 is 5.97 Å². The molecule has 2 atom stereocenters. The smallest absolute Gasteiger partial charge is 0.319 e. The molecule has 0 spiro atoms. The first-order valence-electron chi connectivity index (χ1n) is 5.42. The summed E-state index contributed by atoms with van der Waals surface area (Å²) >= 11 is 3.19. The van der Waals surface area contributed by atoms with Crippen molar-refractivity contribution in [3.8, 4) is 0 Å². The van der Waals surface area contributed by atoms with Gasteiger partial charge in [0.2, 0.25) is 0 Å². The number of carbonyl (C=O) groups is 1. The second-order valence-electron chi connectivity index (χ2n) is 3.66. The van der Waals surface area contributed by atoms with Gasteiger partial charge in [0.15, 0.2) is 0 Å². The molecule has 0 saturated heterocycles. The first-order chi connectivity index (χ1) is 6.61. The molecule has 0 N–H and O–H groups in total. The van der Waals surface area contributed by atoms with Crippen LogP contribution in [-0.2, 0) is 9.53 Å². The Hall–Kier alpha value is -0.0500. The fourth-order valence-electron chi connectivity index (χ4n) is 1.21. The molecule has 0 bridgehead atoms. The lowest BCUT2D eigenvalue weighted by Crippen LogP contribution is -2.19. The van der Waals surface area contributed by atoms with Gasteiger partial charge in [-0.3, -0.25) is 4.79 Å². The quantitative estimate of drug-likeness (QED) is 0.520. The number of ether oxygens (including phenoxy) is 1. The van der Waals surface area contributed by atoms with Crippen LogP contribution in [0.15, 0.2) is 0 Å². The zero-order valence-corrected chi connectivity index (χ0v) is 11.0. The predicted molar refractivity (Wildman–Crippen MR) is 62.7 cm³/mol. The van der Waals surface area contributed by atoms with Crippen molar-refractivity contribution in [1.82, 2.24) is 0 Å². The Morgan fingerprint density at radius 2 is 2.07 bits per heavy atom. The molecule has 0 aromatic rings. The number of unbranched alkanes of at least 4 members (excludes halogenated alkanes) is 1. The highest BCUT2D eigenvalue weighted by Gasteiger charge is 2.13. The van der Waals surface area contributed by atoms with Gasteiger partial charge in [-0.1, -0.05) is 49.0 Å². The van der Waals surface area contributed by atoms with Crippen LogP contribution >= 0.6 is 15.9 Å². The van der Waals surface area contributed by atoms with Crippen LogP contribution in [0.3, 0.4) is 0 Å². The molecule has 0 aliphatic rings. The molecule has 0 aromatic carbocycles. The van der Waals surface area contributed by atoms with Gasteiger partial charge in [0.25, 0.3) is 0 Å². The number of rotatable bonds is 7. The molecule has 0 amide bonds. The van der Waals surface area contributed by atoms with Gasteiger partial charge < -0.3 is 4.74 Å². The van der Waals surface area contributed by atoms with E-state index in [9.17, 15) is 4.79 Å². The maximum absolute atomic E-state index is 11.2. The molecule has 14 heavy (non-hydrogen) atoms. The van der Waals surface area contributed by atoms with E-state index < -0.39 is 0 Å². The molecular weight excluding hydrogens is 244 g/mol. The van der Waals surface area contributed by atoms with Crippen LogP contribution in [0, 0.1) is 5.92 Å². The minimum absolute atomic E-state index is 0.153. The average Bonchev–Trinajstić information content (AvgIpc) is 2.17. The first-order valence-corrected chi connectivity index (χ1v) is 6.34. The highest BCUT2D eigenvalue weighted by molar-refractivity contribution is 9.10. The SMILES string of the molecule is CCCCC(CC)COC(=O)[C@@H](C)Br. The standard InChI is InChI=1S/C11H21BrO2/c1-4-6-7-10(5-2)8-14-11(13)9(3)12/h9-10H,4-8H2,1-3H3/t9-,10?/m1/s1. The molecule has 0 heterocycles. The minimum atomic E-state index is -0.189. The summed E-state index contributed by atoms with van der Waals surface area (Å²) in [5, 5.41) is 0. The van der Waals surface area contributed by atoms with Crippen molar-refractivity contribution in [2.45, 2.75) is 51.3 Å². The van der Waals surface area contributed by atoms with Crippen LogP contribution in [0.25, 0.3) is 0 Å². The predicted octanol–water partition coefficient (Wildman–Crippen LogP) is 3.53. The van der Waals surface area contributed by atoms with Crippen molar-refractivity contribution in [3.63, 3.8) is 0 Å². The Bertz CT molecular complexity index is 157. The number of hydrogen-bond acceptors (Lipinski definition) is 2. The fraction of sp³-hybridized carbons (Fsp3) is 0.909. The molecule has 0 aliphatic carbocycles. The minimum Gasteiger partial charge on any atom is -0.465 e. The molecular formula is C11H21BrO2. The summed E-state index contributed by atoms with van der Waals surface area (Å²) in [5.41, 5.74) is 0. The third kappa shape index (κ3) is 6.41. The van der Waals surface area contributed by atoms with Gasteiger partial charge in [-0.15, -0.1) is 0 Å². The van der Waals surface area contributed by atoms with Gasteiger partial charge in [-0.05, 0) is 19.3 Å². The van der Waals surface area contributed by atoms with Gasteiger partial charge in [0.05, 0.1) is 6.61 Å². The van der Waals surface area contributed by atoms with Gasteiger partial charge in [0.1, 0.15) is 4.83 Å². The van der Waals surface area contributed by atoms with E-state index in [2.05, 4.69) is 29.8 Å². The van der Waals surface area contributed by atoms with E-state index in [-0.39, 0.29) is 10.8 Å². The van der Waals surface area contributed by atoms with Crippen molar-refractivity contribution < 1.29 is 9.53 Å². The van der Waals surface area contributed by atoms with E-state index in [0.717, 1.165) is 12.8 Å². The van der Waals surface area contributed by atoms with Crippen molar-refractivity contribution in [2.24, 2.45) is 5.92 Å². The molecule has 0 radical (unpaired) electrons. The summed E-state index contributed by atoms with van der Waals surface area (Å²) in [7, 11) is 0. The van der Waals surface area contributed by atoms with Crippen LogP contribution in [0.4, 0.5) is 0 Å². The second-order valence-corrected chi connectivity index (χ2v) is 5.04. The van der Waals surface area contributed by atoms with E-state index in [0.29, 0.717) is 12.5 Å². The van der Waals surface area contributed by atoms with Crippen molar-refractivity contribution in [2.75, 3.05) is 6.61 Å². The molecule has 0 rings (SSSR count). The average molecular weight is 265 g/mol. The van der Waals surface area contributed by atoms with Crippen molar-refractivity contribution >= 4 is 21.9 Å². The molecule has 0 fully saturated rings. The molecule has 0 aromatic heterocycles. The summed E-state index contributed by atoms with van der Waals surface area (Å²) in [6, 6.07) is 0. The summed E-state index contributed by atoms with van der Waals surface area (Å²) in [6.07, 6.45) is 4.68. The highest BCUT2D eigenvalue weighted by Crippen LogP contribution is 2.13. The van der Waals surface area contributed by atoms with Gasteiger partial charge in [-0.25, -0.2) is 0 Å². The maximum atomic E-state index is 11.2. The summed E-state index contributed by atoms with van der Waals surface area (Å²) in [6.45, 7) is 6.69. The number of hydrogen-bond donors (Lipinski definition) is 0. The topological polar surface area (TPSA) is 26.3 Å². The Morgan fingerprint density at radius 1 is 1.43 bits per heavy atom. The Balaban J connectivity index is 3.66. The Labute approximate surface area is 95.5 Å². The lowest BCUT2D eigenvalue weighted by molar-refractivity contribution is -0.143. The van der Waals surface area contributed by atoms with E-state index in [1.165, 1.54) is 12.8 Å². The lowest BCUT2D eigenvalue weighted by Gasteiger charge is -2.15. The zero-order chi connectivity index (χ0) is 11.0. The molecule has 2 nitrogen and oxygen atoms in total. The number of esters is 1. The number of carbonyl (C=O) groups excluding carboxylic acids is 1. The first kappa shape index (κ1) is 13.9. The van der Waals surface area contributed by atoms with Crippen LogP contribution in [0.5, 0.6) is 0 Å². The van der Waals surface area contributed by atoms with Crippen LogP contribution in [0.1, 0.15) is 46.5 Å². The van der Waals surface area contributed by atoms with E-state index in [1.54, 1.807) is 6.92 Å². The molecule has 0 aliphatic heterocycles. The summed E-state index contributed by atoms with van der Waals surface area (Å²) < 4.78 is 5.17. The maximum Gasteiger partial charge on any atom is 0.319 e. The van der Waals surface area contributed by atoms with E-state index in [1.807, 2.05) is 0 Å². The molecule has 1 unspecified atom stereocenters. The third-order valence-electron chi connectivity index (χ3n) is 2.33. The van der Waals surface area contributed by atoms with Crippen molar-refractivity contribution in [1.29, 1.82) is 0 Å². The van der Waals surface area contributed by atoms with Gasteiger partial charge in [-0.2, -0.15) is 0 Å². The molecule has 3 heteroatoms. The van der Waals surface area contributed by atoms with E-state index in [4.69, 9.17) is 4.74 Å². The Morgan fingerprint density at radius 3 is 2.50 bits per heavy atom. The summed E-state index contributed by atoms with van der Waals surface area (Å²) in [5.74, 6) is 0.380. The van der Waals surface area contributed by atoms with E-state index >= 15 is 0 Å². The normalized spacial score (nSPS) is 14.9. The molecule has 84 valence electrons. The zero-order valence-electron chi connectivity index (χ0n) is 9.38. The molecule has 0 saturated carbocycles. The third-order valence-corrected chi connectivity index (χ3v) is 2.70. The van der Waals surface area contributed by atoms with Crippen LogP contribution in [-0.4, -0.2) is 17.4 Å². The Kier molecular flexibility index (Phi) is 8.24. The monoisotopic (exact) mass is 264 g/mol. The summed E-state index contributed by atoms with van der Waals surface area (Å²) in [4.78, 5) is 11.0. The second kappa shape index (κ2) is 8.27. The number of halogens is 1. The van der Waals surface area contributed by atoms with Crippen LogP contribution < -0.4 is 0 Å². The largest absolute Gasteiger partial charge is 0.465 e. The fourth-order valence-corrected chi connectivity index (χ4v) is 1.35. The number of alkyl halides is 1. The van der Waals surface area contributed by atoms with Gasteiger partial charge in [0, 0.05) is 0 Å². The highest BCUT2D eigenvalue weighted by atomic mass is 79.9. The van der Waals surface area contributed by atoms with Crippen LogP contribution in [0.2, 0.25) is 0 Å². The van der Waals surface area contributed by atoms with Crippen molar-refractivity contribution in [3.05, 3.63) is 0 Å². The lowest BCUT2D eigenvalue weighted by atomic mass is 10.0.